The molecule has 1 N–H and O–H groups in total. The summed E-state index contributed by atoms with van der Waals surface area (Å²) in [5.74, 6) is 0.788. The monoisotopic (exact) mass is 248 g/mol. The fourth-order valence-electron chi connectivity index (χ4n) is 2.68. The first-order valence-electron chi connectivity index (χ1n) is 6.56. The van der Waals surface area contributed by atoms with Crippen molar-refractivity contribution >= 4 is 11.8 Å². The highest BCUT2D eigenvalue weighted by Crippen LogP contribution is 2.27. The van der Waals surface area contributed by atoms with E-state index in [0.29, 0.717) is 0 Å². The van der Waals surface area contributed by atoms with Crippen LogP contribution in [0.5, 0.6) is 0 Å². The van der Waals surface area contributed by atoms with E-state index in [0.717, 1.165) is 30.4 Å². The van der Waals surface area contributed by atoms with Gasteiger partial charge in [-0.3, -0.25) is 0 Å². The molecule has 0 amide bonds. The van der Waals surface area contributed by atoms with Gasteiger partial charge in [0, 0.05) is 19.3 Å². The molecule has 1 aromatic rings. The van der Waals surface area contributed by atoms with Crippen LogP contribution in [-0.2, 0) is 0 Å². The van der Waals surface area contributed by atoms with Crippen LogP contribution in [0.15, 0.2) is 12.3 Å². The van der Waals surface area contributed by atoms with Crippen molar-refractivity contribution in [2.45, 2.75) is 33.1 Å². The molecule has 0 saturated carbocycles. The zero-order valence-electron chi connectivity index (χ0n) is 11.0. The summed E-state index contributed by atoms with van der Waals surface area (Å²) in [5.41, 5.74) is 1.22. The van der Waals surface area contributed by atoms with Crippen molar-refractivity contribution in [1.82, 2.24) is 4.98 Å². The Labute approximate surface area is 108 Å². The number of carbonyl (C=O) groups is 1. The van der Waals surface area contributed by atoms with E-state index in [1.54, 1.807) is 6.07 Å². The average Bonchev–Trinajstić information content (AvgIpc) is 2.77. The molecule has 1 aromatic heterocycles. The van der Waals surface area contributed by atoms with Gasteiger partial charge in [0.2, 0.25) is 0 Å². The highest BCUT2D eigenvalue weighted by atomic mass is 16.4. The van der Waals surface area contributed by atoms with E-state index >= 15 is 0 Å². The van der Waals surface area contributed by atoms with E-state index in [1.165, 1.54) is 25.5 Å². The maximum Gasteiger partial charge on any atom is 0.337 e. The number of rotatable bonds is 4. The molecule has 1 aliphatic heterocycles. The van der Waals surface area contributed by atoms with Crippen LogP contribution in [0.1, 0.15) is 42.1 Å². The molecule has 1 aliphatic rings. The second-order valence-electron chi connectivity index (χ2n) is 5.06. The third kappa shape index (κ3) is 2.63. The first-order chi connectivity index (χ1) is 8.61. The number of hydrogen-bond donors (Lipinski definition) is 1. The van der Waals surface area contributed by atoms with Crippen molar-refractivity contribution in [2.24, 2.45) is 5.92 Å². The van der Waals surface area contributed by atoms with E-state index in [2.05, 4.69) is 16.8 Å². The number of anilines is 1. The molecule has 2 heterocycles. The molecular formula is C14H20N2O2. The van der Waals surface area contributed by atoms with Crippen molar-refractivity contribution in [2.75, 3.05) is 18.0 Å². The lowest BCUT2D eigenvalue weighted by molar-refractivity contribution is 0.0696. The van der Waals surface area contributed by atoms with Gasteiger partial charge in [-0.05, 0) is 37.3 Å². The first kappa shape index (κ1) is 12.9. The third-order valence-corrected chi connectivity index (χ3v) is 3.58. The van der Waals surface area contributed by atoms with Gasteiger partial charge in [-0.25, -0.2) is 9.78 Å². The molecule has 2 rings (SSSR count). The number of aromatic carboxylic acids is 1. The minimum atomic E-state index is -0.914. The third-order valence-electron chi connectivity index (χ3n) is 3.58. The molecule has 0 bridgehead atoms. The van der Waals surface area contributed by atoms with E-state index in [9.17, 15) is 4.79 Å². The van der Waals surface area contributed by atoms with Crippen molar-refractivity contribution in [3.8, 4) is 0 Å². The summed E-state index contributed by atoms with van der Waals surface area (Å²) in [6, 6.07) is 1.71. The van der Waals surface area contributed by atoms with Gasteiger partial charge >= 0.3 is 5.97 Å². The minimum Gasteiger partial charge on any atom is -0.478 e. The normalized spacial score (nSPS) is 19.2. The number of nitrogens with zero attached hydrogens (tertiary/aromatic N) is 2. The maximum atomic E-state index is 10.9. The SMILES string of the molecule is CCCC1CCN(c2ncc(C(=O)O)cc2C)C1. The highest BCUT2D eigenvalue weighted by Gasteiger charge is 2.24. The van der Waals surface area contributed by atoms with Crippen LogP contribution < -0.4 is 4.90 Å². The molecule has 0 radical (unpaired) electrons. The molecule has 98 valence electrons. The predicted octanol–water partition coefficient (Wildman–Crippen LogP) is 2.71. The second-order valence-corrected chi connectivity index (χ2v) is 5.06. The first-order valence-corrected chi connectivity index (χ1v) is 6.56. The zero-order chi connectivity index (χ0) is 13.1. The van der Waals surface area contributed by atoms with E-state index in [-0.39, 0.29) is 5.56 Å². The summed E-state index contributed by atoms with van der Waals surface area (Å²) in [6.45, 7) is 6.23. The molecular weight excluding hydrogens is 228 g/mol. The van der Waals surface area contributed by atoms with Gasteiger partial charge in [-0.15, -0.1) is 0 Å². The highest BCUT2D eigenvalue weighted by molar-refractivity contribution is 5.87. The molecule has 0 aliphatic carbocycles. The summed E-state index contributed by atoms with van der Waals surface area (Å²) < 4.78 is 0. The van der Waals surface area contributed by atoms with Gasteiger partial charge in [0.1, 0.15) is 5.82 Å². The Morgan fingerprint density at radius 3 is 3.00 bits per heavy atom. The summed E-state index contributed by atoms with van der Waals surface area (Å²) >= 11 is 0. The van der Waals surface area contributed by atoms with Crippen LogP contribution in [-0.4, -0.2) is 29.1 Å². The minimum absolute atomic E-state index is 0.264. The summed E-state index contributed by atoms with van der Waals surface area (Å²) in [4.78, 5) is 17.5. The number of carboxylic acid groups (broad SMARTS) is 1. The number of aromatic nitrogens is 1. The number of hydrogen-bond acceptors (Lipinski definition) is 3. The van der Waals surface area contributed by atoms with Gasteiger partial charge in [0.25, 0.3) is 0 Å². The van der Waals surface area contributed by atoms with E-state index in [4.69, 9.17) is 5.11 Å². The quantitative estimate of drug-likeness (QED) is 0.890. The van der Waals surface area contributed by atoms with Crippen molar-refractivity contribution in [3.05, 3.63) is 23.4 Å². The summed E-state index contributed by atoms with van der Waals surface area (Å²) in [6.07, 6.45) is 5.17. The van der Waals surface area contributed by atoms with Crippen molar-refractivity contribution in [1.29, 1.82) is 0 Å². The summed E-state index contributed by atoms with van der Waals surface area (Å²) in [5, 5.41) is 8.92. The molecule has 0 aromatic carbocycles. The molecule has 0 spiro atoms. The fraction of sp³-hybridized carbons (Fsp3) is 0.571. The van der Waals surface area contributed by atoms with Crippen LogP contribution in [0, 0.1) is 12.8 Å². The Morgan fingerprint density at radius 1 is 1.61 bits per heavy atom. The molecule has 18 heavy (non-hydrogen) atoms. The second kappa shape index (κ2) is 5.38. The smallest absolute Gasteiger partial charge is 0.337 e. The van der Waals surface area contributed by atoms with Crippen molar-refractivity contribution < 1.29 is 9.90 Å². The number of aryl methyl sites for hydroxylation is 1. The predicted molar refractivity (Wildman–Crippen MR) is 71.2 cm³/mol. The fourth-order valence-corrected chi connectivity index (χ4v) is 2.68. The maximum absolute atomic E-state index is 10.9. The lowest BCUT2D eigenvalue weighted by Crippen LogP contribution is -2.22. The van der Waals surface area contributed by atoms with Crippen molar-refractivity contribution in [3.63, 3.8) is 0 Å². The topological polar surface area (TPSA) is 53.4 Å². The molecule has 4 nitrogen and oxygen atoms in total. The Kier molecular flexibility index (Phi) is 3.84. The van der Waals surface area contributed by atoms with Crippen LogP contribution in [0.25, 0.3) is 0 Å². The Balaban J connectivity index is 2.12. The molecule has 1 saturated heterocycles. The standard InChI is InChI=1S/C14H20N2O2/c1-3-4-11-5-6-16(9-11)13-10(2)7-12(8-15-13)14(17)18/h7-8,11H,3-6,9H2,1-2H3,(H,17,18). The van der Waals surface area contributed by atoms with Gasteiger partial charge in [0.15, 0.2) is 0 Å². The molecule has 1 unspecified atom stereocenters. The van der Waals surface area contributed by atoms with Crippen LogP contribution in [0.2, 0.25) is 0 Å². The van der Waals surface area contributed by atoms with Crippen LogP contribution in [0.4, 0.5) is 5.82 Å². The lowest BCUT2D eigenvalue weighted by atomic mass is 10.0. The Morgan fingerprint density at radius 2 is 2.39 bits per heavy atom. The molecule has 1 atom stereocenters. The number of carboxylic acids is 1. The molecule has 4 heteroatoms. The summed E-state index contributed by atoms with van der Waals surface area (Å²) in [7, 11) is 0. The Hall–Kier alpha value is -1.58. The number of pyridine rings is 1. The van der Waals surface area contributed by atoms with E-state index in [1.807, 2.05) is 6.92 Å². The zero-order valence-corrected chi connectivity index (χ0v) is 11.0. The van der Waals surface area contributed by atoms with Crippen LogP contribution in [0.3, 0.4) is 0 Å². The van der Waals surface area contributed by atoms with Gasteiger partial charge in [-0.1, -0.05) is 13.3 Å². The largest absolute Gasteiger partial charge is 0.478 e. The van der Waals surface area contributed by atoms with Gasteiger partial charge in [0.05, 0.1) is 5.56 Å². The van der Waals surface area contributed by atoms with E-state index < -0.39 is 5.97 Å². The average molecular weight is 248 g/mol. The van der Waals surface area contributed by atoms with Crippen LogP contribution >= 0.6 is 0 Å². The lowest BCUT2D eigenvalue weighted by Gasteiger charge is -2.19. The molecule has 1 fully saturated rings. The Bertz CT molecular complexity index is 445. The van der Waals surface area contributed by atoms with Gasteiger partial charge < -0.3 is 10.0 Å². The van der Waals surface area contributed by atoms with Gasteiger partial charge in [-0.2, -0.15) is 0 Å².